The highest BCUT2D eigenvalue weighted by atomic mass is 35.5. The van der Waals surface area contributed by atoms with Gasteiger partial charge in [0, 0.05) is 5.02 Å². The molecule has 0 saturated heterocycles. The molecule has 5 nitrogen and oxygen atoms in total. The Hall–Kier alpha value is -2.44. The number of carbonyl (C=O) groups excluding carboxylic acids is 1. The van der Waals surface area contributed by atoms with Crippen molar-refractivity contribution in [1.29, 1.82) is 0 Å². The highest BCUT2D eigenvalue weighted by Crippen LogP contribution is 2.22. The monoisotopic (exact) mass is 386 g/mol. The zero-order valence-electron chi connectivity index (χ0n) is 14.3. The van der Waals surface area contributed by atoms with E-state index < -0.39 is 0 Å². The zero-order chi connectivity index (χ0) is 18.5. The molecule has 7 heteroatoms. The van der Waals surface area contributed by atoms with Crippen LogP contribution in [0.5, 0.6) is 0 Å². The van der Waals surface area contributed by atoms with Gasteiger partial charge in [0.1, 0.15) is 5.82 Å². The summed E-state index contributed by atoms with van der Waals surface area (Å²) in [5.41, 5.74) is 1.97. The third-order valence-electron chi connectivity index (χ3n) is 4.09. The molecule has 1 heterocycles. The van der Waals surface area contributed by atoms with Gasteiger partial charge in [0.15, 0.2) is 4.77 Å². The molecule has 26 heavy (non-hydrogen) atoms. The number of aromatic amines is 1. The Morgan fingerprint density at radius 1 is 1.23 bits per heavy atom. The zero-order valence-corrected chi connectivity index (χ0v) is 15.8. The fourth-order valence-electron chi connectivity index (χ4n) is 2.75. The van der Waals surface area contributed by atoms with Crippen LogP contribution in [0.1, 0.15) is 29.9 Å². The van der Waals surface area contributed by atoms with Crippen molar-refractivity contribution in [1.82, 2.24) is 20.1 Å². The third kappa shape index (κ3) is 4.39. The van der Waals surface area contributed by atoms with E-state index in [1.54, 1.807) is 0 Å². The molecule has 3 rings (SSSR count). The Morgan fingerprint density at radius 2 is 1.92 bits per heavy atom. The first-order valence-electron chi connectivity index (χ1n) is 8.26. The van der Waals surface area contributed by atoms with Gasteiger partial charge >= 0.3 is 0 Å². The first-order chi connectivity index (χ1) is 12.5. The average molecular weight is 387 g/mol. The highest BCUT2D eigenvalue weighted by Gasteiger charge is 2.16. The lowest BCUT2D eigenvalue weighted by atomic mass is 10.1. The Balaban J connectivity index is 1.70. The second-order valence-corrected chi connectivity index (χ2v) is 6.80. The lowest BCUT2D eigenvalue weighted by molar-refractivity contribution is -0.121. The molecule has 0 saturated carbocycles. The molecule has 1 amide bonds. The van der Waals surface area contributed by atoms with Crippen LogP contribution in [0.3, 0.4) is 0 Å². The summed E-state index contributed by atoms with van der Waals surface area (Å²) in [5, 5.41) is 10.6. The molecular weight excluding hydrogens is 368 g/mol. The molecule has 1 unspecified atom stereocenters. The Kier molecular flexibility index (Phi) is 5.85. The van der Waals surface area contributed by atoms with E-state index in [1.807, 2.05) is 66.1 Å². The van der Waals surface area contributed by atoms with E-state index in [1.165, 1.54) is 0 Å². The summed E-state index contributed by atoms with van der Waals surface area (Å²) in [6, 6.07) is 17.2. The maximum absolute atomic E-state index is 12.5. The Bertz CT molecular complexity index is 951. The van der Waals surface area contributed by atoms with Gasteiger partial charge in [-0.3, -0.25) is 14.5 Å². The van der Waals surface area contributed by atoms with Crippen LogP contribution in [-0.2, 0) is 17.8 Å². The summed E-state index contributed by atoms with van der Waals surface area (Å²) in [4.78, 5) is 12.5. The predicted molar refractivity (Wildman–Crippen MR) is 105 cm³/mol. The van der Waals surface area contributed by atoms with Crippen molar-refractivity contribution < 1.29 is 4.79 Å². The van der Waals surface area contributed by atoms with Crippen LogP contribution in [0.2, 0.25) is 5.02 Å². The SMILES string of the molecule is CC(NC(=O)Cc1n[nH]c(=S)n1Cc1ccccc1)c1ccccc1Cl. The second kappa shape index (κ2) is 8.29. The molecule has 0 spiro atoms. The number of halogens is 1. The van der Waals surface area contributed by atoms with E-state index in [0.717, 1.165) is 11.1 Å². The number of nitrogens with zero attached hydrogens (tertiary/aromatic N) is 2. The number of H-pyrrole nitrogens is 1. The molecule has 1 atom stereocenters. The maximum Gasteiger partial charge on any atom is 0.228 e. The predicted octanol–water partition coefficient (Wildman–Crippen LogP) is 4.06. The summed E-state index contributed by atoms with van der Waals surface area (Å²) < 4.78 is 2.33. The molecule has 0 radical (unpaired) electrons. The largest absolute Gasteiger partial charge is 0.349 e. The van der Waals surface area contributed by atoms with Gasteiger partial charge in [0.05, 0.1) is 19.0 Å². The molecule has 0 aliphatic rings. The van der Waals surface area contributed by atoms with Crippen LogP contribution in [0.15, 0.2) is 54.6 Å². The molecule has 0 aliphatic heterocycles. The summed E-state index contributed by atoms with van der Waals surface area (Å²) in [6.45, 7) is 2.47. The van der Waals surface area contributed by atoms with E-state index in [4.69, 9.17) is 23.8 Å². The van der Waals surface area contributed by atoms with Crippen LogP contribution in [0.4, 0.5) is 0 Å². The first-order valence-corrected chi connectivity index (χ1v) is 9.05. The van der Waals surface area contributed by atoms with Gasteiger partial charge < -0.3 is 5.32 Å². The van der Waals surface area contributed by atoms with Crippen LogP contribution >= 0.6 is 23.8 Å². The molecule has 2 aromatic carbocycles. The lowest BCUT2D eigenvalue weighted by Crippen LogP contribution is -2.29. The second-order valence-electron chi connectivity index (χ2n) is 6.00. The molecule has 3 aromatic rings. The van der Waals surface area contributed by atoms with Gasteiger partial charge in [-0.15, -0.1) is 0 Å². The van der Waals surface area contributed by atoms with E-state index >= 15 is 0 Å². The van der Waals surface area contributed by atoms with Crippen LogP contribution < -0.4 is 5.32 Å². The highest BCUT2D eigenvalue weighted by molar-refractivity contribution is 7.71. The van der Waals surface area contributed by atoms with Crippen LogP contribution in [-0.4, -0.2) is 20.7 Å². The summed E-state index contributed by atoms with van der Waals surface area (Å²) in [7, 11) is 0. The van der Waals surface area contributed by atoms with Crippen molar-refractivity contribution in [2.24, 2.45) is 0 Å². The van der Waals surface area contributed by atoms with E-state index in [-0.39, 0.29) is 18.4 Å². The number of carbonyl (C=O) groups is 1. The van der Waals surface area contributed by atoms with Crippen molar-refractivity contribution in [2.75, 3.05) is 0 Å². The fraction of sp³-hybridized carbons (Fsp3) is 0.211. The van der Waals surface area contributed by atoms with Gasteiger partial charge in [0.25, 0.3) is 0 Å². The minimum atomic E-state index is -0.194. The molecular formula is C19H19ClN4OS. The van der Waals surface area contributed by atoms with Crippen LogP contribution in [0, 0.1) is 4.77 Å². The van der Waals surface area contributed by atoms with Crippen molar-refractivity contribution in [2.45, 2.75) is 25.9 Å². The van der Waals surface area contributed by atoms with Crippen molar-refractivity contribution in [3.63, 3.8) is 0 Å². The molecule has 0 aliphatic carbocycles. The van der Waals surface area contributed by atoms with Gasteiger partial charge in [-0.25, -0.2) is 0 Å². The number of amides is 1. The fourth-order valence-corrected chi connectivity index (χ4v) is 3.27. The summed E-state index contributed by atoms with van der Waals surface area (Å²) in [6.07, 6.45) is 0.134. The molecule has 1 aromatic heterocycles. The van der Waals surface area contributed by atoms with Crippen molar-refractivity contribution in [3.05, 3.63) is 81.3 Å². The van der Waals surface area contributed by atoms with E-state index in [2.05, 4.69) is 15.5 Å². The van der Waals surface area contributed by atoms with Crippen LogP contribution in [0.25, 0.3) is 0 Å². The van der Waals surface area contributed by atoms with Gasteiger partial charge in [-0.1, -0.05) is 60.1 Å². The summed E-state index contributed by atoms with van der Waals surface area (Å²) >= 11 is 11.5. The molecule has 2 N–H and O–H groups in total. The molecule has 0 fully saturated rings. The number of rotatable bonds is 6. The first kappa shape index (κ1) is 18.4. The summed E-state index contributed by atoms with van der Waals surface area (Å²) in [5.74, 6) is 0.462. The van der Waals surface area contributed by atoms with Gasteiger partial charge in [-0.2, -0.15) is 5.10 Å². The van der Waals surface area contributed by atoms with Gasteiger partial charge in [0.2, 0.25) is 5.91 Å². The Morgan fingerprint density at radius 3 is 2.65 bits per heavy atom. The smallest absolute Gasteiger partial charge is 0.228 e. The molecule has 134 valence electrons. The minimum absolute atomic E-state index is 0.134. The number of nitrogens with one attached hydrogen (secondary N) is 2. The van der Waals surface area contributed by atoms with Gasteiger partial charge in [-0.05, 0) is 36.3 Å². The third-order valence-corrected chi connectivity index (χ3v) is 4.74. The van der Waals surface area contributed by atoms with E-state index in [9.17, 15) is 4.79 Å². The number of aromatic nitrogens is 3. The number of hydrogen-bond donors (Lipinski definition) is 2. The molecule has 0 bridgehead atoms. The van der Waals surface area contributed by atoms with Crippen molar-refractivity contribution in [3.8, 4) is 0 Å². The Labute approximate surface area is 162 Å². The number of benzene rings is 2. The standard InChI is InChI=1S/C19H19ClN4OS/c1-13(15-9-5-6-10-16(15)20)21-18(25)11-17-22-23-19(26)24(17)12-14-7-3-2-4-8-14/h2-10,13H,11-12H2,1H3,(H,21,25)(H,23,26). The normalized spacial score (nSPS) is 11.9. The minimum Gasteiger partial charge on any atom is -0.349 e. The quantitative estimate of drug-likeness (QED) is 0.628. The van der Waals surface area contributed by atoms with E-state index in [0.29, 0.717) is 22.2 Å². The van der Waals surface area contributed by atoms with Crippen molar-refractivity contribution >= 4 is 29.7 Å². The number of hydrogen-bond acceptors (Lipinski definition) is 3. The lowest BCUT2D eigenvalue weighted by Gasteiger charge is -2.15. The topological polar surface area (TPSA) is 62.7 Å². The maximum atomic E-state index is 12.5. The average Bonchev–Trinajstić information content (AvgIpc) is 2.96.